The maximum atomic E-state index is 13.0. The quantitative estimate of drug-likeness (QED) is 0.750. The molecule has 0 unspecified atom stereocenters. The summed E-state index contributed by atoms with van der Waals surface area (Å²) >= 11 is 0. The number of benzene rings is 1. The minimum Gasteiger partial charge on any atom is -0.461 e. The van der Waals surface area contributed by atoms with Crippen molar-refractivity contribution in [2.24, 2.45) is 7.05 Å². The van der Waals surface area contributed by atoms with Gasteiger partial charge >= 0.3 is 5.97 Å². The average molecular weight is 406 g/mol. The molecule has 1 aromatic heterocycles. The van der Waals surface area contributed by atoms with E-state index < -0.39 is 16.0 Å². The maximum Gasteiger partial charge on any atom is 0.359 e. The van der Waals surface area contributed by atoms with E-state index in [1.165, 1.54) is 35.5 Å². The Kier molecular flexibility index (Phi) is 5.52. The van der Waals surface area contributed by atoms with Crippen molar-refractivity contribution in [1.29, 1.82) is 0 Å². The number of nitrogens with one attached hydrogen (secondary N) is 1. The van der Waals surface area contributed by atoms with E-state index >= 15 is 0 Å². The second kappa shape index (κ2) is 7.72. The molecule has 0 saturated heterocycles. The number of aryl methyl sites for hydroxylation is 1. The number of fused-ring (bicyclic) bond motifs is 1. The Morgan fingerprint density at radius 3 is 2.54 bits per heavy atom. The standard InChI is InChI=1S/C18H22N4O5S/c1-4-27-18(24)17-15-11-22(10-9-16(15)21(3)20-17)28(25,26)14-7-5-13(6-8-14)19-12(2)23/h5-8H,4,9-11H2,1-3H3,(H,19,23). The molecule has 9 nitrogen and oxygen atoms in total. The van der Waals surface area contributed by atoms with Gasteiger partial charge in [0.2, 0.25) is 15.9 Å². The predicted molar refractivity (Wildman–Crippen MR) is 101 cm³/mol. The van der Waals surface area contributed by atoms with E-state index in [1.54, 1.807) is 18.7 Å². The Morgan fingerprint density at radius 2 is 1.93 bits per heavy atom. The number of anilines is 1. The van der Waals surface area contributed by atoms with Gasteiger partial charge in [0.25, 0.3) is 0 Å². The van der Waals surface area contributed by atoms with Crippen LogP contribution in [0, 0.1) is 0 Å². The molecule has 0 saturated carbocycles. The molecule has 0 atom stereocenters. The van der Waals surface area contributed by atoms with E-state index in [2.05, 4.69) is 10.4 Å². The summed E-state index contributed by atoms with van der Waals surface area (Å²) in [6.45, 7) is 3.63. The van der Waals surface area contributed by atoms with Crippen LogP contribution < -0.4 is 5.32 Å². The topological polar surface area (TPSA) is 111 Å². The van der Waals surface area contributed by atoms with Crippen molar-refractivity contribution >= 4 is 27.6 Å². The summed E-state index contributed by atoms with van der Waals surface area (Å²) in [5, 5.41) is 6.82. The van der Waals surface area contributed by atoms with E-state index in [9.17, 15) is 18.0 Å². The molecule has 10 heteroatoms. The molecular formula is C18H22N4O5S. The minimum absolute atomic E-state index is 0.0487. The SMILES string of the molecule is CCOC(=O)c1nn(C)c2c1CN(S(=O)(=O)c1ccc(NC(C)=O)cc1)CC2. The summed E-state index contributed by atoms with van der Waals surface area (Å²) in [4.78, 5) is 23.4. The van der Waals surface area contributed by atoms with Crippen molar-refractivity contribution in [3.05, 3.63) is 41.2 Å². The summed E-state index contributed by atoms with van der Waals surface area (Å²) in [5.41, 5.74) is 2.07. The third-order valence-electron chi connectivity index (χ3n) is 4.49. The molecule has 0 aliphatic carbocycles. The van der Waals surface area contributed by atoms with Crippen LogP contribution in [-0.4, -0.2) is 47.5 Å². The van der Waals surface area contributed by atoms with Gasteiger partial charge < -0.3 is 10.1 Å². The Morgan fingerprint density at radius 1 is 1.25 bits per heavy atom. The fourth-order valence-electron chi connectivity index (χ4n) is 3.20. The largest absolute Gasteiger partial charge is 0.461 e. The molecule has 1 aliphatic heterocycles. The van der Waals surface area contributed by atoms with Crippen LogP contribution in [0.2, 0.25) is 0 Å². The molecule has 1 amide bonds. The molecule has 0 radical (unpaired) electrons. The molecule has 1 aromatic carbocycles. The van der Waals surface area contributed by atoms with Gasteiger partial charge in [-0.2, -0.15) is 9.40 Å². The zero-order chi connectivity index (χ0) is 20.5. The van der Waals surface area contributed by atoms with Crippen molar-refractivity contribution in [1.82, 2.24) is 14.1 Å². The van der Waals surface area contributed by atoms with Crippen molar-refractivity contribution in [3.8, 4) is 0 Å². The average Bonchev–Trinajstić information content (AvgIpc) is 2.98. The van der Waals surface area contributed by atoms with Crippen LogP contribution >= 0.6 is 0 Å². The number of carbonyl (C=O) groups is 2. The fraction of sp³-hybridized carbons (Fsp3) is 0.389. The summed E-state index contributed by atoms with van der Waals surface area (Å²) in [6.07, 6.45) is 0.446. The predicted octanol–water partition coefficient (Wildman–Crippen LogP) is 1.30. The molecule has 28 heavy (non-hydrogen) atoms. The van der Waals surface area contributed by atoms with Crippen LogP contribution in [-0.2, 0) is 39.6 Å². The number of aromatic nitrogens is 2. The highest BCUT2D eigenvalue weighted by Gasteiger charge is 2.33. The van der Waals surface area contributed by atoms with E-state index in [1.807, 2.05) is 0 Å². The second-order valence-corrected chi connectivity index (χ2v) is 8.35. The van der Waals surface area contributed by atoms with Crippen molar-refractivity contribution in [3.63, 3.8) is 0 Å². The van der Waals surface area contributed by atoms with Crippen LogP contribution in [0.3, 0.4) is 0 Å². The number of ether oxygens (including phenoxy) is 1. The first-order valence-electron chi connectivity index (χ1n) is 8.83. The smallest absolute Gasteiger partial charge is 0.359 e. The fourth-order valence-corrected chi connectivity index (χ4v) is 4.61. The molecular weight excluding hydrogens is 384 g/mol. The third kappa shape index (κ3) is 3.78. The Hall–Kier alpha value is -2.72. The summed E-state index contributed by atoms with van der Waals surface area (Å²) < 4.78 is 34.1. The molecule has 0 fully saturated rings. The van der Waals surface area contributed by atoms with Gasteiger partial charge in [0.1, 0.15) is 0 Å². The highest BCUT2D eigenvalue weighted by molar-refractivity contribution is 7.89. The van der Waals surface area contributed by atoms with Crippen LogP contribution in [0.1, 0.15) is 35.6 Å². The summed E-state index contributed by atoms with van der Waals surface area (Å²) in [7, 11) is -2.04. The summed E-state index contributed by atoms with van der Waals surface area (Å²) in [5.74, 6) is -0.791. The van der Waals surface area contributed by atoms with Crippen LogP contribution in [0.5, 0.6) is 0 Å². The van der Waals surface area contributed by atoms with E-state index in [4.69, 9.17) is 4.74 Å². The van der Waals surface area contributed by atoms with Gasteiger partial charge in [0.15, 0.2) is 5.69 Å². The van der Waals surface area contributed by atoms with Gasteiger partial charge in [-0.3, -0.25) is 9.48 Å². The number of rotatable bonds is 5. The van der Waals surface area contributed by atoms with Gasteiger partial charge in [-0.15, -0.1) is 0 Å². The van der Waals surface area contributed by atoms with Gasteiger partial charge in [0.05, 0.1) is 11.5 Å². The minimum atomic E-state index is -3.76. The first kappa shape index (κ1) is 20.0. The van der Waals surface area contributed by atoms with E-state index in [0.717, 1.165) is 5.69 Å². The van der Waals surface area contributed by atoms with Gasteiger partial charge in [-0.25, -0.2) is 13.2 Å². The molecule has 2 aromatic rings. The van der Waals surface area contributed by atoms with Crippen molar-refractivity contribution in [2.45, 2.75) is 31.7 Å². The van der Waals surface area contributed by atoms with E-state index in [-0.39, 0.29) is 36.2 Å². The van der Waals surface area contributed by atoms with Crippen LogP contribution in [0.25, 0.3) is 0 Å². The van der Waals surface area contributed by atoms with Gasteiger partial charge in [0, 0.05) is 50.4 Å². The Bertz CT molecular complexity index is 1010. The summed E-state index contributed by atoms with van der Waals surface area (Å²) in [6, 6.07) is 5.98. The number of amides is 1. The highest BCUT2D eigenvalue weighted by Crippen LogP contribution is 2.28. The molecule has 3 rings (SSSR count). The van der Waals surface area contributed by atoms with Crippen LogP contribution in [0.15, 0.2) is 29.2 Å². The normalized spacial score (nSPS) is 14.4. The number of sulfonamides is 1. The zero-order valence-corrected chi connectivity index (χ0v) is 16.7. The number of nitrogens with zero attached hydrogens (tertiary/aromatic N) is 3. The van der Waals surface area contributed by atoms with Gasteiger partial charge in [-0.05, 0) is 31.2 Å². The maximum absolute atomic E-state index is 13.0. The Labute approximate surface area is 163 Å². The first-order chi connectivity index (χ1) is 13.2. The molecule has 2 heterocycles. The Balaban J connectivity index is 1.88. The molecule has 1 aliphatic rings. The number of hydrogen-bond acceptors (Lipinski definition) is 6. The number of hydrogen-bond donors (Lipinski definition) is 1. The molecule has 0 spiro atoms. The highest BCUT2D eigenvalue weighted by atomic mass is 32.2. The van der Waals surface area contributed by atoms with Crippen LogP contribution in [0.4, 0.5) is 5.69 Å². The molecule has 150 valence electrons. The lowest BCUT2D eigenvalue weighted by atomic mass is 10.1. The lowest BCUT2D eigenvalue weighted by Gasteiger charge is -2.26. The zero-order valence-electron chi connectivity index (χ0n) is 15.9. The van der Waals surface area contributed by atoms with Crippen molar-refractivity contribution < 1.29 is 22.7 Å². The van der Waals surface area contributed by atoms with E-state index in [0.29, 0.717) is 17.7 Å². The monoisotopic (exact) mass is 406 g/mol. The molecule has 1 N–H and O–H groups in total. The second-order valence-electron chi connectivity index (χ2n) is 6.41. The lowest BCUT2D eigenvalue weighted by Crippen LogP contribution is -2.36. The first-order valence-corrected chi connectivity index (χ1v) is 10.3. The van der Waals surface area contributed by atoms with Gasteiger partial charge in [-0.1, -0.05) is 0 Å². The number of esters is 1. The van der Waals surface area contributed by atoms with Crippen molar-refractivity contribution in [2.75, 3.05) is 18.5 Å². The third-order valence-corrected chi connectivity index (χ3v) is 6.35. The molecule has 0 bridgehead atoms. The number of carbonyl (C=O) groups excluding carboxylic acids is 2. The lowest BCUT2D eigenvalue weighted by molar-refractivity contribution is -0.114.